The number of nitrogens with zero attached hydrogens (tertiary/aromatic N) is 7. The number of imidazole rings is 3. The molecule has 0 aromatic carbocycles. The van der Waals surface area contributed by atoms with Crippen LogP contribution >= 0.6 is 15.9 Å². The van der Waals surface area contributed by atoms with Gasteiger partial charge >= 0.3 is 6.18 Å². The summed E-state index contributed by atoms with van der Waals surface area (Å²) in [7, 11) is 0. The van der Waals surface area contributed by atoms with Crippen LogP contribution in [0.25, 0.3) is 16.9 Å². The van der Waals surface area contributed by atoms with Gasteiger partial charge in [-0.15, -0.1) is 0 Å². The molecule has 57 heavy (non-hydrogen) atoms. The molecular formula is C41H46BrF3N8O4. The number of pyridine rings is 4. The molecule has 0 fully saturated rings. The first-order valence-electron chi connectivity index (χ1n) is 18.7. The molecule has 0 aliphatic carbocycles. The van der Waals surface area contributed by atoms with Crippen molar-refractivity contribution in [2.24, 2.45) is 0 Å². The largest absolute Gasteiger partial charge is 0.493 e. The van der Waals surface area contributed by atoms with Crippen LogP contribution in [-0.4, -0.2) is 58.7 Å². The zero-order chi connectivity index (χ0) is 41.3. The molecule has 0 radical (unpaired) electrons. The van der Waals surface area contributed by atoms with Gasteiger partial charge in [-0.25, -0.2) is 19.9 Å². The molecule has 7 aromatic rings. The van der Waals surface area contributed by atoms with Crippen LogP contribution in [0, 0.1) is 0 Å². The molecule has 0 saturated carbocycles. The number of rotatable bonds is 12. The smallest absolute Gasteiger partial charge is 0.433 e. The number of fused-ring (bicyclic) bond motifs is 3. The van der Waals surface area contributed by atoms with E-state index in [9.17, 15) is 18.0 Å². The number of alkyl halides is 3. The van der Waals surface area contributed by atoms with Crippen LogP contribution in [-0.2, 0) is 31.9 Å². The molecule has 16 heteroatoms. The molecule has 0 aliphatic heterocycles. The van der Waals surface area contributed by atoms with Crippen molar-refractivity contribution in [3.63, 3.8) is 0 Å². The lowest BCUT2D eigenvalue weighted by molar-refractivity contribution is -0.141. The molecule has 0 unspecified atom stereocenters. The molecule has 2 N–H and O–H groups in total. The number of carbonyl (C=O) groups excluding carboxylic acids is 1. The van der Waals surface area contributed by atoms with Gasteiger partial charge in [-0.1, -0.05) is 26.8 Å². The van der Waals surface area contributed by atoms with Gasteiger partial charge in [0.25, 0.3) is 0 Å². The van der Waals surface area contributed by atoms with E-state index in [0.717, 1.165) is 63.9 Å². The maximum absolute atomic E-state index is 12.8. The number of ketones is 1. The quantitative estimate of drug-likeness (QED) is 0.120. The van der Waals surface area contributed by atoms with Crippen molar-refractivity contribution in [1.29, 1.82) is 0 Å². The number of nitrogens with two attached hydrogens (primary N) is 1. The van der Waals surface area contributed by atoms with E-state index in [4.69, 9.17) is 19.9 Å². The number of nitrogen functional groups attached to an aromatic ring is 1. The van der Waals surface area contributed by atoms with E-state index in [0.29, 0.717) is 48.2 Å². The summed E-state index contributed by atoms with van der Waals surface area (Å²) >= 11 is 3.48. The standard InChI is InChI=1S/C19H18F3N3O2.C11H13BrN2O.C11H15N3O/c1-3-13-11-25-10-12(16(27-4-2)9-18(25)23-13)8-15(26)14-6-5-7-17(24-14)19(20,21)22;2*1-3-8-6-14-7-9(12)10(15-4-2)5-11(14)13-8/h5-7,9-11H,3-4,8H2,1-2H3;5-7H,3-4H2,1-2H3;5-7H,3-4,12H2,1-2H3. The predicted octanol–water partition coefficient (Wildman–Crippen LogP) is 9.07. The van der Waals surface area contributed by atoms with Crippen molar-refractivity contribution in [2.75, 3.05) is 25.6 Å². The Morgan fingerprint density at radius 3 is 1.67 bits per heavy atom. The van der Waals surface area contributed by atoms with Crippen LogP contribution in [0.5, 0.6) is 17.2 Å². The fraction of sp³-hybridized carbons (Fsp3) is 0.341. The highest BCUT2D eigenvalue weighted by molar-refractivity contribution is 9.10. The van der Waals surface area contributed by atoms with E-state index in [1.165, 1.54) is 12.1 Å². The van der Waals surface area contributed by atoms with Crippen molar-refractivity contribution in [2.45, 2.75) is 73.4 Å². The van der Waals surface area contributed by atoms with E-state index in [1.807, 2.05) is 79.6 Å². The molecule has 302 valence electrons. The zero-order valence-corrected chi connectivity index (χ0v) is 34.3. The van der Waals surface area contributed by atoms with E-state index in [-0.39, 0.29) is 12.1 Å². The maximum atomic E-state index is 12.8. The van der Waals surface area contributed by atoms with Crippen LogP contribution in [0.4, 0.5) is 18.9 Å². The molecule has 0 bridgehead atoms. The zero-order valence-electron chi connectivity index (χ0n) is 32.7. The summed E-state index contributed by atoms with van der Waals surface area (Å²) < 4.78 is 61.6. The second-order valence-corrected chi connectivity index (χ2v) is 13.5. The highest BCUT2D eigenvalue weighted by Crippen LogP contribution is 2.29. The highest BCUT2D eigenvalue weighted by atomic mass is 79.9. The molecule has 7 rings (SSSR count). The molecular weight excluding hydrogens is 805 g/mol. The number of Topliss-reactive ketones (excluding diaryl/α,β-unsaturated/α-hetero) is 1. The van der Waals surface area contributed by atoms with Crippen molar-refractivity contribution >= 4 is 44.3 Å². The van der Waals surface area contributed by atoms with Crippen molar-refractivity contribution in [3.05, 3.63) is 112 Å². The van der Waals surface area contributed by atoms with Gasteiger partial charge in [0.2, 0.25) is 0 Å². The summed E-state index contributed by atoms with van der Waals surface area (Å²) in [5.74, 6) is 1.52. The minimum Gasteiger partial charge on any atom is -0.493 e. The van der Waals surface area contributed by atoms with E-state index in [2.05, 4.69) is 49.7 Å². The predicted molar refractivity (Wildman–Crippen MR) is 217 cm³/mol. The number of anilines is 1. The third-order valence-electron chi connectivity index (χ3n) is 8.54. The molecule has 0 spiro atoms. The monoisotopic (exact) mass is 850 g/mol. The Kier molecular flexibility index (Phi) is 14.2. The Bertz CT molecular complexity index is 2370. The Labute approximate surface area is 337 Å². The van der Waals surface area contributed by atoms with Crippen LogP contribution in [0.1, 0.15) is 80.4 Å². The van der Waals surface area contributed by atoms with E-state index in [1.54, 1.807) is 16.7 Å². The lowest BCUT2D eigenvalue weighted by Gasteiger charge is -2.11. The lowest BCUT2D eigenvalue weighted by Crippen LogP contribution is -2.13. The fourth-order valence-corrected chi connectivity index (χ4v) is 6.18. The summed E-state index contributed by atoms with van der Waals surface area (Å²) in [4.78, 5) is 29.4. The average molecular weight is 852 g/mol. The summed E-state index contributed by atoms with van der Waals surface area (Å²) in [5, 5.41) is 0. The van der Waals surface area contributed by atoms with Gasteiger partial charge in [-0.3, -0.25) is 4.79 Å². The third-order valence-corrected chi connectivity index (χ3v) is 9.13. The second-order valence-electron chi connectivity index (χ2n) is 12.6. The average Bonchev–Trinajstić information content (AvgIpc) is 3.91. The molecule has 7 aromatic heterocycles. The van der Waals surface area contributed by atoms with E-state index >= 15 is 0 Å². The van der Waals surface area contributed by atoms with Crippen molar-refractivity contribution in [3.8, 4) is 17.2 Å². The second kappa shape index (κ2) is 19.0. The maximum Gasteiger partial charge on any atom is 0.433 e. The number of ether oxygens (including phenoxy) is 3. The summed E-state index contributed by atoms with van der Waals surface area (Å²) in [6, 6.07) is 8.85. The first-order chi connectivity index (χ1) is 27.3. The third kappa shape index (κ3) is 10.6. The number of aryl methyl sites for hydroxylation is 3. The van der Waals surface area contributed by atoms with E-state index < -0.39 is 17.7 Å². The molecule has 7 heterocycles. The molecule has 0 amide bonds. The topological polar surface area (TPSA) is 136 Å². The Morgan fingerprint density at radius 1 is 0.667 bits per heavy atom. The van der Waals surface area contributed by atoms with Crippen LogP contribution in [0.3, 0.4) is 0 Å². The Hall–Kier alpha value is -5.64. The summed E-state index contributed by atoms with van der Waals surface area (Å²) in [6.07, 6.45) is 9.32. The molecule has 0 saturated heterocycles. The van der Waals surface area contributed by atoms with Crippen LogP contribution in [0.2, 0.25) is 0 Å². The molecule has 12 nitrogen and oxygen atoms in total. The van der Waals surface area contributed by atoms with Crippen LogP contribution < -0.4 is 19.9 Å². The molecule has 0 aliphatic rings. The van der Waals surface area contributed by atoms with Crippen LogP contribution in [0.15, 0.2) is 78.1 Å². The Morgan fingerprint density at radius 2 is 1.14 bits per heavy atom. The van der Waals surface area contributed by atoms with Gasteiger partial charge < -0.3 is 33.1 Å². The van der Waals surface area contributed by atoms with Gasteiger partial charge in [0.15, 0.2) is 5.78 Å². The minimum absolute atomic E-state index is 0.126. The van der Waals surface area contributed by atoms with Gasteiger partial charge in [0, 0.05) is 67.4 Å². The summed E-state index contributed by atoms with van der Waals surface area (Å²) in [5.41, 5.74) is 11.3. The lowest BCUT2D eigenvalue weighted by atomic mass is 10.1. The van der Waals surface area contributed by atoms with Crippen molar-refractivity contribution in [1.82, 2.24) is 33.1 Å². The highest BCUT2D eigenvalue weighted by Gasteiger charge is 2.33. The SMILES string of the molecule is CCOc1cc2nc(CC)cn2cc1Br.CCOc1cc2nc(CC)cn2cc1CC(=O)c1cccc(C(F)(F)F)n1.CCOc1cc2nc(CC)cn2cc1N. The first kappa shape index (κ1) is 42.5. The number of hydrogen-bond acceptors (Lipinski definition) is 9. The summed E-state index contributed by atoms with van der Waals surface area (Å²) in [6.45, 7) is 13.5. The number of halogens is 4. The molecule has 0 atom stereocenters. The number of carbonyl (C=O) groups is 1. The Balaban J connectivity index is 0.000000176. The minimum atomic E-state index is -4.60. The van der Waals surface area contributed by atoms with Gasteiger partial charge in [0.05, 0.1) is 47.1 Å². The van der Waals surface area contributed by atoms with Gasteiger partial charge in [0.1, 0.15) is 45.6 Å². The normalized spacial score (nSPS) is 11.3. The van der Waals surface area contributed by atoms with Crippen molar-refractivity contribution < 1.29 is 32.2 Å². The fourth-order valence-electron chi connectivity index (χ4n) is 5.73. The van der Waals surface area contributed by atoms with Gasteiger partial charge in [-0.2, -0.15) is 13.2 Å². The van der Waals surface area contributed by atoms with Gasteiger partial charge in [-0.05, 0) is 68.1 Å². The number of aromatic nitrogens is 7. The number of hydrogen-bond donors (Lipinski definition) is 1. The first-order valence-corrected chi connectivity index (χ1v) is 19.5.